The second-order valence-corrected chi connectivity index (χ2v) is 10.6. The molecule has 6 rings (SSSR count). The standard InChI is InChI=1S/C31H34F2N6O2/c1-38-8-10-39(11-9-38)25-3-4-26(29(19-25)34-24-6-12-41-13-7-24)31(40)35-30-27-17-20(2-5-28(27)36-37-30)14-21-15-22(32)18-23(33)16-21/h2-5,15-19,24,34H,6-14H2,1H3,(H2,35,36,37,40)/i1D3. The Morgan fingerprint density at radius 3 is 2.56 bits per heavy atom. The largest absolute Gasteiger partial charge is 0.381 e. The second-order valence-electron chi connectivity index (χ2n) is 10.6. The van der Waals surface area contributed by atoms with E-state index in [1.165, 1.54) is 17.0 Å². The Bertz CT molecular complexity index is 1630. The highest BCUT2D eigenvalue weighted by atomic mass is 19.1. The fraction of sp³-hybridized carbons (Fsp3) is 0.355. The van der Waals surface area contributed by atoms with Gasteiger partial charge in [0.25, 0.3) is 5.91 Å². The molecule has 3 aromatic carbocycles. The van der Waals surface area contributed by atoms with Gasteiger partial charge in [-0.2, -0.15) is 5.10 Å². The molecule has 0 radical (unpaired) electrons. The van der Waals surface area contributed by atoms with Crippen LogP contribution in [0.3, 0.4) is 0 Å². The molecule has 2 aliphatic rings. The zero-order chi connectivity index (χ0) is 30.8. The summed E-state index contributed by atoms with van der Waals surface area (Å²) in [6.07, 6.45) is 1.93. The molecule has 0 atom stereocenters. The van der Waals surface area contributed by atoms with Gasteiger partial charge in [-0.3, -0.25) is 9.89 Å². The Kier molecular flexibility index (Phi) is 6.83. The summed E-state index contributed by atoms with van der Waals surface area (Å²) in [5, 5.41) is 14.4. The molecule has 0 saturated carbocycles. The van der Waals surface area contributed by atoms with Gasteiger partial charge in [0.2, 0.25) is 0 Å². The summed E-state index contributed by atoms with van der Waals surface area (Å²) in [7, 11) is 0. The zero-order valence-electron chi connectivity index (χ0n) is 25.6. The molecule has 4 aromatic rings. The van der Waals surface area contributed by atoms with Crippen molar-refractivity contribution in [1.82, 2.24) is 15.1 Å². The number of halogens is 2. The fourth-order valence-electron chi connectivity index (χ4n) is 5.46. The van der Waals surface area contributed by atoms with E-state index in [-0.39, 0.29) is 11.9 Å². The summed E-state index contributed by atoms with van der Waals surface area (Å²) in [4.78, 5) is 17.3. The molecule has 10 heteroatoms. The van der Waals surface area contributed by atoms with Gasteiger partial charge in [0.1, 0.15) is 11.6 Å². The number of rotatable bonds is 7. The predicted molar refractivity (Wildman–Crippen MR) is 157 cm³/mol. The smallest absolute Gasteiger partial charge is 0.258 e. The van der Waals surface area contributed by atoms with Crippen LogP contribution in [0.4, 0.5) is 26.0 Å². The summed E-state index contributed by atoms with van der Waals surface area (Å²) in [6, 6.07) is 14.7. The monoisotopic (exact) mass is 563 g/mol. The first-order chi connectivity index (χ1) is 21.1. The van der Waals surface area contributed by atoms with Crippen molar-refractivity contribution in [2.24, 2.45) is 0 Å². The van der Waals surface area contributed by atoms with Crippen LogP contribution in [0.2, 0.25) is 0 Å². The van der Waals surface area contributed by atoms with E-state index in [1.54, 1.807) is 6.07 Å². The number of carbonyl (C=O) groups is 1. The first kappa shape index (κ1) is 23.7. The zero-order valence-corrected chi connectivity index (χ0v) is 22.6. The van der Waals surface area contributed by atoms with E-state index < -0.39 is 18.6 Å². The van der Waals surface area contributed by atoms with Crippen LogP contribution in [0.5, 0.6) is 0 Å². The molecule has 2 saturated heterocycles. The average Bonchev–Trinajstić information content (AvgIpc) is 3.38. The van der Waals surface area contributed by atoms with Gasteiger partial charge in [-0.1, -0.05) is 6.07 Å². The molecule has 2 fully saturated rings. The maximum Gasteiger partial charge on any atom is 0.258 e. The first-order valence-electron chi connectivity index (χ1n) is 15.3. The van der Waals surface area contributed by atoms with E-state index in [4.69, 9.17) is 8.85 Å². The highest BCUT2D eigenvalue weighted by molar-refractivity contribution is 6.11. The Morgan fingerprint density at radius 2 is 1.80 bits per heavy atom. The number of anilines is 3. The Labute approximate surface area is 241 Å². The van der Waals surface area contributed by atoms with Gasteiger partial charge in [0.05, 0.1) is 11.1 Å². The number of hydrogen-bond acceptors (Lipinski definition) is 6. The number of piperazine rings is 1. The maximum absolute atomic E-state index is 13.7. The van der Waals surface area contributed by atoms with Crippen molar-refractivity contribution in [3.63, 3.8) is 0 Å². The Hall–Kier alpha value is -4.02. The van der Waals surface area contributed by atoms with Gasteiger partial charge in [-0.15, -0.1) is 0 Å². The van der Waals surface area contributed by atoms with Gasteiger partial charge < -0.3 is 25.2 Å². The molecule has 2 aliphatic heterocycles. The molecular weight excluding hydrogens is 526 g/mol. The third-order valence-electron chi connectivity index (χ3n) is 7.66. The van der Waals surface area contributed by atoms with Crippen LogP contribution in [-0.4, -0.2) is 73.4 Å². The van der Waals surface area contributed by atoms with Gasteiger partial charge in [0.15, 0.2) is 5.82 Å². The number of likely N-dealkylation sites (N-methyl/N-ethyl adjacent to an activating group) is 1. The van der Waals surface area contributed by atoms with Crippen LogP contribution in [0.1, 0.15) is 38.4 Å². The van der Waals surface area contributed by atoms with Crippen LogP contribution in [0.15, 0.2) is 54.6 Å². The molecule has 214 valence electrons. The lowest BCUT2D eigenvalue weighted by atomic mass is 10.0. The van der Waals surface area contributed by atoms with Crippen molar-refractivity contribution in [3.05, 3.63) is 82.9 Å². The quantitative estimate of drug-likeness (QED) is 0.293. The molecule has 41 heavy (non-hydrogen) atoms. The van der Waals surface area contributed by atoms with Gasteiger partial charge in [-0.05, 0) is 79.8 Å². The number of benzene rings is 3. The molecule has 0 unspecified atom stereocenters. The first-order valence-corrected chi connectivity index (χ1v) is 13.8. The number of carbonyl (C=O) groups excluding carboxylic acids is 1. The normalized spacial score (nSPS) is 18.1. The number of nitrogens with zero attached hydrogens (tertiary/aromatic N) is 3. The van der Waals surface area contributed by atoms with E-state index in [0.717, 1.165) is 30.2 Å². The number of fused-ring (bicyclic) bond motifs is 1. The second kappa shape index (κ2) is 11.8. The Morgan fingerprint density at radius 1 is 1.02 bits per heavy atom. The summed E-state index contributed by atoms with van der Waals surface area (Å²) in [6.45, 7) is 1.13. The topological polar surface area (TPSA) is 85.5 Å². The van der Waals surface area contributed by atoms with E-state index in [9.17, 15) is 13.6 Å². The van der Waals surface area contributed by atoms with E-state index in [2.05, 4.69) is 25.7 Å². The number of amides is 1. The van der Waals surface area contributed by atoms with Crippen LogP contribution in [0, 0.1) is 11.6 Å². The lowest BCUT2D eigenvalue weighted by Crippen LogP contribution is -2.44. The molecule has 0 bridgehead atoms. The lowest BCUT2D eigenvalue weighted by Gasteiger charge is -2.34. The summed E-state index contributed by atoms with van der Waals surface area (Å²) < 4.78 is 56.1. The fourth-order valence-corrected chi connectivity index (χ4v) is 5.46. The lowest BCUT2D eigenvalue weighted by molar-refractivity contribution is 0.0904. The molecule has 8 nitrogen and oxygen atoms in total. The highest BCUT2D eigenvalue weighted by Gasteiger charge is 2.22. The number of aromatic nitrogens is 2. The molecule has 1 amide bonds. The van der Waals surface area contributed by atoms with Gasteiger partial charge in [-0.25, -0.2) is 8.78 Å². The minimum atomic E-state index is -2.11. The van der Waals surface area contributed by atoms with Crippen LogP contribution in [0.25, 0.3) is 10.9 Å². The van der Waals surface area contributed by atoms with Crippen molar-refractivity contribution < 1.29 is 22.4 Å². The molecule has 0 aliphatic carbocycles. The number of H-pyrrole nitrogens is 1. The van der Waals surface area contributed by atoms with Crippen molar-refractivity contribution in [2.45, 2.75) is 25.3 Å². The molecule has 1 aromatic heterocycles. The van der Waals surface area contributed by atoms with Crippen LogP contribution < -0.4 is 15.5 Å². The van der Waals surface area contributed by atoms with Gasteiger partial charge >= 0.3 is 0 Å². The van der Waals surface area contributed by atoms with E-state index in [0.29, 0.717) is 79.3 Å². The highest BCUT2D eigenvalue weighted by Crippen LogP contribution is 2.29. The predicted octanol–water partition coefficient (Wildman–Crippen LogP) is 5.03. The maximum atomic E-state index is 13.7. The molecule has 0 spiro atoms. The van der Waals surface area contributed by atoms with Gasteiger partial charge in [0, 0.05) is 72.4 Å². The third kappa shape index (κ3) is 6.34. The van der Waals surface area contributed by atoms with Crippen molar-refractivity contribution in [2.75, 3.05) is 61.9 Å². The minimum Gasteiger partial charge on any atom is -0.381 e. The van der Waals surface area contributed by atoms with Crippen LogP contribution >= 0.6 is 0 Å². The summed E-state index contributed by atoms with van der Waals surface area (Å²) >= 11 is 0. The van der Waals surface area contributed by atoms with Crippen molar-refractivity contribution in [1.29, 1.82) is 0 Å². The molecular formula is C31H34F2N6O2. The Balaban J connectivity index is 1.24. The summed E-state index contributed by atoms with van der Waals surface area (Å²) in [5.74, 6) is -1.26. The van der Waals surface area contributed by atoms with Crippen molar-refractivity contribution >= 4 is 34.0 Å². The summed E-state index contributed by atoms with van der Waals surface area (Å²) in [5.41, 5.74) is 4.05. The number of ether oxygens (including phenoxy) is 1. The SMILES string of the molecule is [2H]C([2H])([2H])N1CCN(c2ccc(C(=O)Nc3n[nH]c4ccc(Cc5cc(F)cc(F)c5)cc34)c(NC3CCOCC3)c2)CC1. The van der Waals surface area contributed by atoms with Crippen molar-refractivity contribution in [3.8, 4) is 0 Å². The number of nitrogens with one attached hydrogen (secondary N) is 3. The van der Waals surface area contributed by atoms with Crippen LogP contribution in [-0.2, 0) is 11.2 Å². The minimum absolute atomic E-state index is 0.138. The van der Waals surface area contributed by atoms with E-state index in [1.807, 2.05) is 30.3 Å². The number of aromatic amines is 1. The van der Waals surface area contributed by atoms with E-state index >= 15 is 0 Å². The number of hydrogen-bond donors (Lipinski definition) is 3. The average molecular weight is 564 g/mol. The third-order valence-corrected chi connectivity index (χ3v) is 7.66. The molecule has 3 heterocycles. The molecule has 3 N–H and O–H groups in total.